The molecule has 0 atom stereocenters. The van der Waals surface area contributed by atoms with Crippen molar-refractivity contribution in [3.8, 4) is 11.5 Å². The van der Waals surface area contributed by atoms with Gasteiger partial charge in [-0.05, 0) is 30.3 Å². The van der Waals surface area contributed by atoms with Crippen molar-refractivity contribution in [2.45, 2.75) is 38.9 Å². The number of benzene rings is 1. The van der Waals surface area contributed by atoms with Gasteiger partial charge < -0.3 is 14.5 Å². The molecule has 1 N–H and O–H groups in total. The molecule has 1 aliphatic heterocycles. The standard InChI is InChI=1S/C14H21NO3Si/c1-14(2,3)19(4,5)18-10-6-7-12-11(8-10)15-13(16)9-17-12/h6-8H,9H2,1-5H3,(H,15,16). The Morgan fingerprint density at radius 3 is 2.63 bits per heavy atom. The summed E-state index contributed by atoms with van der Waals surface area (Å²) in [6, 6.07) is 5.58. The van der Waals surface area contributed by atoms with Gasteiger partial charge in [0.25, 0.3) is 5.91 Å². The molecule has 0 spiro atoms. The highest BCUT2D eigenvalue weighted by molar-refractivity contribution is 6.74. The zero-order chi connectivity index (χ0) is 14.3. The van der Waals surface area contributed by atoms with Gasteiger partial charge in [0.2, 0.25) is 8.32 Å². The topological polar surface area (TPSA) is 47.6 Å². The van der Waals surface area contributed by atoms with E-state index in [0.29, 0.717) is 11.4 Å². The largest absolute Gasteiger partial charge is 0.543 e. The van der Waals surface area contributed by atoms with Crippen LogP contribution in [0.4, 0.5) is 5.69 Å². The highest BCUT2D eigenvalue weighted by atomic mass is 28.4. The molecule has 2 rings (SSSR count). The lowest BCUT2D eigenvalue weighted by molar-refractivity contribution is -0.118. The molecule has 1 aromatic rings. The number of nitrogens with one attached hydrogen (secondary N) is 1. The molecular formula is C14H21NO3Si. The van der Waals surface area contributed by atoms with Crippen molar-refractivity contribution < 1.29 is 14.0 Å². The number of fused-ring (bicyclic) bond motifs is 1. The van der Waals surface area contributed by atoms with Gasteiger partial charge in [-0.1, -0.05) is 20.8 Å². The fourth-order valence-electron chi connectivity index (χ4n) is 1.57. The Labute approximate surface area is 115 Å². The van der Waals surface area contributed by atoms with E-state index in [4.69, 9.17) is 9.16 Å². The molecule has 1 amide bonds. The number of rotatable bonds is 2. The van der Waals surface area contributed by atoms with Crippen molar-refractivity contribution in [1.29, 1.82) is 0 Å². The first-order valence-electron chi connectivity index (χ1n) is 6.45. The van der Waals surface area contributed by atoms with E-state index < -0.39 is 8.32 Å². The first-order chi connectivity index (χ1) is 8.69. The number of hydrogen-bond donors (Lipinski definition) is 1. The van der Waals surface area contributed by atoms with Crippen LogP contribution < -0.4 is 14.5 Å². The maximum Gasteiger partial charge on any atom is 0.262 e. The summed E-state index contributed by atoms with van der Waals surface area (Å²) in [5.41, 5.74) is 0.687. The molecule has 0 saturated heterocycles. The SMILES string of the molecule is CC(C)(C)[Si](C)(C)Oc1ccc2c(c1)NC(=O)CO2. The second-order valence-electron chi connectivity index (χ2n) is 6.36. The van der Waals surface area contributed by atoms with Crippen molar-refractivity contribution in [2.75, 3.05) is 11.9 Å². The molecule has 104 valence electrons. The normalized spacial score (nSPS) is 15.3. The number of carbonyl (C=O) groups is 1. The minimum Gasteiger partial charge on any atom is -0.543 e. The Kier molecular flexibility index (Phi) is 3.34. The van der Waals surface area contributed by atoms with E-state index in [9.17, 15) is 4.79 Å². The Morgan fingerprint density at radius 2 is 2.00 bits per heavy atom. The van der Waals surface area contributed by atoms with Gasteiger partial charge in [-0.15, -0.1) is 0 Å². The van der Waals surface area contributed by atoms with Crippen LogP contribution in [-0.4, -0.2) is 20.8 Å². The summed E-state index contributed by atoms with van der Waals surface area (Å²) in [7, 11) is -1.86. The monoisotopic (exact) mass is 279 g/mol. The van der Waals surface area contributed by atoms with E-state index in [2.05, 4.69) is 39.2 Å². The molecule has 5 heteroatoms. The highest BCUT2D eigenvalue weighted by Gasteiger charge is 2.39. The predicted molar refractivity (Wildman–Crippen MR) is 78.4 cm³/mol. The molecule has 0 radical (unpaired) electrons. The second-order valence-corrected chi connectivity index (χ2v) is 11.1. The molecule has 1 aliphatic rings. The molecule has 1 aromatic carbocycles. The van der Waals surface area contributed by atoms with E-state index in [1.54, 1.807) is 0 Å². The van der Waals surface area contributed by atoms with Crippen molar-refractivity contribution in [3.63, 3.8) is 0 Å². The number of anilines is 1. The molecule has 1 heterocycles. The quantitative estimate of drug-likeness (QED) is 0.844. The minimum absolute atomic E-state index is 0.0788. The Hall–Kier alpha value is -1.49. The molecule has 0 unspecified atom stereocenters. The molecule has 19 heavy (non-hydrogen) atoms. The summed E-state index contributed by atoms with van der Waals surface area (Å²) < 4.78 is 11.5. The maximum absolute atomic E-state index is 11.3. The molecule has 0 fully saturated rings. The zero-order valence-corrected chi connectivity index (χ0v) is 13.2. The molecule has 0 aliphatic carbocycles. The van der Waals surface area contributed by atoms with E-state index in [0.717, 1.165) is 5.75 Å². The third kappa shape index (κ3) is 2.92. The van der Waals surface area contributed by atoms with Gasteiger partial charge in [-0.3, -0.25) is 4.79 Å². The smallest absolute Gasteiger partial charge is 0.262 e. The number of hydrogen-bond acceptors (Lipinski definition) is 3. The minimum atomic E-state index is -1.86. The van der Waals surface area contributed by atoms with Gasteiger partial charge in [-0.2, -0.15) is 0 Å². The molecule has 0 bridgehead atoms. The number of ether oxygens (including phenoxy) is 1. The summed E-state index contributed by atoms with van der Waals surface area (Å²) in [5, 5.41) is 2.94. The van der Waals surface area contributed by atoms with Gasteiger partial charge in [0.05, 0.1) is 5.69 Å². The summed E-state index contributed by atoms with van der Waals surface area (Å²) in [4.78, 5) is 11.3. The molecule has 0 saturated carbocycles. The predicted octanol–water partition coefficient (Wildman–Crippen LogP) is 3.40. The third-order valence-corrected chi connectivity index (χ3v) is 8.12. The zero-order valence-electron chi connectivity index (χ0n) is 12.2. The number of carbonyl (C=O) groups excluding carboxylic acids is 1. The lowest BCUT2D eigenvalue weighted by atomic mass is 10.2. The highest BCUT2D eigenvalue weighted by Crippen LogP contribution is 2.39. The summed E-state index contributed by atoms with van der Waals surface area (Å²) >= 11 is 0. The Morgan fingerprint density at radius 1 is 1.32 bits per heavy atom. The number of amides is 1. The van der Waals surface area contributed by atoms with Gasteiger partial charge in [-0.25, -0.2) is 0 Å². The van der Waals surface area contributed by atoms with E-state index in [1.807, 2.05) is 18.2 Å². The Balaban J connectivity index is 2.23. The van der Waals surface area contributed by atoms with Crippen molar-refractivity contribution in [1.82, 2.24) is 0 Å². The maximum atomic E-state index is 11.3. The lowest BCUT2D eigenvalue weighted by Crippen LogP contribution is -2.43. The van der Waals surface area contributed by atoms with Crippen LogP contribution in [0.3, 0.4) is 0 Å². The summed E-state index contributed by atoms with van der Waals surface area (Å²) in [6.07, 6.45) is 0. The van der Waals surface area contributed by atoms with Gasteiger partial charge >= 0.3 is 0 Å². The van der Waals surface area contributed by atoms with Gasteiger partial charge in [0.1, 0.15) is 11.5 Å². The average molecular weight is 279 g/mol. The molecule has 0 aromatic heterocycles. The van der Waals surface area contributed by atoms with Crippen LogP contribution in [0.25, 0.3) is 0 Å². The fourth-order valence-corrected chi connectivity index (χ4v) is 2.60. The van der Waals surface area contributed by atoms with Crippen molar-refractivity contribution in [2.24, 2.45) is 0 Å². The average Bonchev–Trinajstić information content (AvgIpc) is 2.26. The molecular weight excluding hydrogens is 258 g/mol. The Bertz CT molecular complexity index is 506. The fraction of sp³-hybridized carbons (Fsp3) is 0.500. The second kappa shape index (κ2) is 4.56. The van der Waals surface area contributed by atoms with Gasteiger partial charge in [0, 0.05) is 6.07 Å². The molecule has 4 nitrogen and oxygen atoms in total. The van der Waals surface area contributed by atoms with Crippen LogP contribution in [0, 0.1) is 0 Å². The van der Waals surface area contributed by atoms with E-state index in [1.165, 1.54) is 0 Å². The van der Waals surface area contributed by atoms with Crippen LogP contribution in [0.15, 0.2) is 18.2 Å². The van der Waals surface area contributed by atoms with Crippen molar-refractivity contribution >= 4 is 19.9 Å². The van der Waals surface area contributed by atoms with E-state index >= 15 is 0 Å². The van der Waals surface area contributed by atoms with Crippen LogP contribution >= 0.6 is 0 Å². The summed E-state index contributed by atoms with van der Waals surface area (Å²) in [5.74, 6) is 1.36. The van der Waals surface area contributed by atoms with Crippen LogP contribution in [0.5, 0.6) is 11.5 Å². The van der Waals surface area contributed by atoms with Crippen LogP contribution in [-0.2, 0) is 4.79 Å². The summed E-state index contributed by atoms with van der Waals surface area (Å²) in [6.45, 7) is 11.1. The van der Waals surface area contributed by atoms with Crippen LogP contribution in [0.1, 0.15) is 20.8 Å². The van der Waals surface area contributed by atoms with E-state index in [-0.39, 0.29) is 17.6 Å². The first-order valence-corrected chi connectivity index (χ1v) is 9.36. The third-order valence-electron chi connectivity index (χ3n) is 3.76. The lowest BCUT2D eigenvalue weighted by Gasteiger charge is -2.36. The van der Waals surface area contributed by atoms with Crippen molar-refractivity contribution in [3.05, 3.63) is 18.2 Å². The first kappa shape index (κ1) is 13.9. The van der Waals surface area contributed by atoms with Crippen LogP contribution in [0.2, 0.25) is 18.1 Å². The van der Waals surface area contributed by atoms with Gasteiger partial charge in [0.15, 0.2) is 6.61 Å².